The number of nitrogens with zero attached hydrogens (tertiary/aromatic N) is 7. The summed E-state index contributed by atoms with van der Waals surface area (Å²) in [5, 5.41) is 13.6. The first-order chi connectivity index (χ1) is 17.9. The third-order valence-corrected chi connectivity index (χ3v) is 7.33. The fourth-order valence-corrected chi connectivity index (χ4v) is 4.79. The molecule has 192 valence electrons. The van der Waals surface area contributed by atoms with Crippen molar-refractivity contribution in [1.29, 1.82) is 0 Å². The molecular weight excluding hydrogens is 492 g/mol. The molecule has 2 N–H and O–H groups in total. The van der Waals surface area contributed by atoms with Crippen LogP contribution in [0.1, 0.15) is 50.9 Å². The normalized spacial score (nSPS) is 14.3. The highest BCUT2D eigenvalue weighted by molar-refractivity contribution is 7.91. The van der Waals surface area contributed by atoms with Gasteiger partial charge in [0.05, 0.1) is 30.3 Å². The Morgan fingerprint density at radius 1 is 1.16 bits per heavy atom. The molecule has 4 aromatic heterocycles. The number of aromatic nitrogens is 7. The van der Waals surface area contributed by atoms with Crippen LogP contribution in [-0.4, -0.2) is 49.9 Å². The summed E-state index contributed by atoms with van der Waals surface area (Å²) in [7, 11) is 0. The highest BCUT2D eigenvalue weighted by atomic mass is 32.2. The summed E-state index contributed by atoms with van der Waals surface area (Å²) in [5.74, 6) is 1.19. The molecule has 12 heteroatoms. The molecule has 0 bridgehead atoms. The van der Waals surface area contributed by atoms with Gasteiger partial charge in [-0.1, -0.05) is 13.8 Å². The quantitative estimate of drug-likeness (QED) is 0.315. The Morgan fingerprint density at radius 2 is 1.97 bits per heavy atom. The number of anilines is 1. The van der Waals surface area contributed by atoms with Crippen LogP contribution in [0.4, 0.5) is 5.82 Å². The maximum atomic E-state index is 13.5. The van der Waals surface area contributed by atoms with Gasteiger partial charge >= 0.3 is 0 Å². The number of nitrogens with one attached hydrogen (secondary N) is 1. The van der Waals surface area contributed by atoms with Crippen molar-refractivity contribution in [3.05, 3.63) is 52.6 Å². The molecule has 0 saturated heterocycles. The van der Waals surface area contributed by atoms with Gasteiger partial charge in [0.15, 0.2) is 22.2 Å². The molecule has 0 aliphatic heterocycles. The van der Waals surface area contributed by atoms with Gasteiger partial charge < -0.3 is 15.0 Å². The van der Waals surface area contributed by atoms with E-state index in [0.29, 0.717) is 39.6 Å². The lowest BCUT2D eigenvalue weighted by atomic mass is 10.1. The molecule has 1 saturated carbocycles. The second-order valence-corrected chi connectivity index (χ2v) is 11.1. The van der Waals surface area contributed by atoms with Gasteiger partial charge in [0.2, 0.25) is 5.88 Å². The Morgan fingerprint density at radius 3 is 2.65 bits per heavy atom. The predicted molar refractivity (Wildman–Crippen MR) is 140 cm³/mol. The van der Waals surface area contributed by atoms with E-state index in [2.05, 4.69) is 35.2 Å². The average molecular weight is 521 g/mol. The van der Waals surface area contributed by atoms with Crippen molar-refractivity contribution in [3.8, 4) is 17.3 Å². The highest BCUT2D eigenvalue weighted by Gasteiger charge is 2.31. The Kier molecular flexibility index (Phi) is 7.02. The Labute approximate surface area is 216 Å². The van der Waals surface area contributed by atoms with Crippen LogP contribution >= 0.6 is 0 Å². The standard InChI is InChI=1S/C25H28N8O3S/c1-4-37(36)17-8-7-16(26-10-17)9-27-22-25(35)33(12-14(2)3)23-18(31-22)11-28-21(32-23)19-20(15-5-6-15)29-13-30-24(19)34/h7-8,10-11,13-15H,4-6,9,12H2,1-3H3,(H,27,31)(H,29,30,34). The third kappa shape index (κ3) is 5.25. The number of pyridine rings is 1. The van der Waals surface area contributed by atoms with Gasteiger partial charge in [-0.05, 0) is 49.0 Å². The SMILES string of the molecule is CC[S+]([O-])c1ccc(CNc2nc3cnc(-c4c(O)ncnc4C4CC4)nc3n(CC(C)C)c2=O)nc1. The first-order valence-electron chi connectivity index (χ1n) is 12.2. The first-order valence-corrected chi connectivity index (χ1v) is 13.6. The van der Waals surface area contributed by atoms with Gasteiger partial charge in [0.1, 0.15) is 23.2 Å². The minimum absolute atomic E-state index is 0.164. The van der Waals surface area contributed by atoms with E-state index < -0.39 is 11.2 Å². The first kappa shape index (κ1) is 25.0. The molecule has 1 atom stereocenters. The van der Waals surface area contributed by atoms with E-state index >= 15 is 0 Å². The van der Waals surface area contributed by atoms with Crippen LogP contribution in [0.2, 0.25) is 0 Å². The summed E-state index contributed by atoms with van der Waals surface area (Å²) in [6.07, 6.45) is 6.46. The lowest BCUT2D eigenvalue weighted by molar-refractivity contribution is 0.452. The molecule has 1 aliphatic rings. The number of hydrogen-bond donors (Lipinski definition) is 2. The summed E-state index contributed by atoms with van der Waals surface area (Å²) in [6, 6.07) is 3.56. The smallest absolute Gasteiger partial charge is 0.294 e. The van der Waals surface area contributed by atoms with E-state index in [1.54, 1.807) is 29.1 Å². The molecule has 37 heavy (non-hydrogen) atoms. The minimum Gasteiger partial charge on any atom is -0.611 e. The van der Waals surface area contributed by atoms with Crippen molar-refractivity contribution >= 4 is 28.2 Å². The van der Waals surface area contributed by atoms with Gasteiger partial charge in [-0.2, -0.15) is 0 Å². The van der Waals surface area contributed by atoms with E-state index in [0.717, 1.165) is 18.5 Å². The molecule has 0 aromatic carbocycles. The molecule has 4 aromatic rings. The summed E-state index contributed by atoms with van der Waals surface area (Å²) in [6.45, 7) is 6.58. The zero-order valence-corrected chi connectivity index (χ0v) is 21.7. The van der Waals surface area contributed by atoms with Crippen molar-refractivity contribution < 1.29 is 9.66 Å². The van der Waals surface area contributed by atoms with Crippen LogP contribution in [0.5, 0.6) is 5.88 Å². The van der Waals surface area contributed by atoms with Gasteiger partial charge in [-0.15, -0.1) is 0 Å². The lowest BCUT2D eigenvalue weighted by Gasteiger charge is -2.15. The van der Waals surface area contributed by atoms with Crippen molar-refractivity contribution in [2.75, 3.05) is 11.1 Å². The van der Waals surface area contributed by atoms with Crippen molar-refractivity contribution in [3.63, 3.8) is 0 Å². The van der Waals surface area contributed by atoms with E-state index in [4.69, 9.17) is 0 Å². The maximum absolute atomic E-state index is 13.5. The van der Waals surface area contributed by atoms with Crippen LogP contribution in [0, 0.1) is 5.92 Å². The highest BCUT2D eigenvalue weighted by Crippen LogP contribution is 2.44. The number of fused-ring (bicyclic) bond motifs is 1. The second kappa shape index (κ2) is 10.4. The van der Waals surface area contributed by atoms with Gasteiger partial charge in [0, 0.05) is 12.5 Å². The molecule has 1 fully saturated rings. The topological polar surface area (TPSA) is 155 Å². The Bertz CT molecular complexity index is 1490. The molecule has 0 amide bonds. The number of aromatic hydroxyl groups is 1. The fourth-order valence-electron chi connectivity index (χ4n) is 4.07. The summed E-state index contributed by atoms with van der Waals surface area (Å²) in [5.41, 5.74) is 2.31. The van der Waals surface area contributed by atoms with E-state index in [1.807, 2.05) is 20.8 Å². The molecule has 5 rings (SSSR count). The van der Waals surface area contributed by atoms with Crippen LogP contribution < -0.4 is 10.9 Å². The van der Waals surface area contributed by atoms with E-state index in [1.165, 1.54) is 6.33 Å². The second-order valence-electron chi connectivity index (χ2n) is 9.38. The monoisotopic (exact) mass is 520 g/mol. The van der Waals surface area contributed by atoms with Gasteiger partial charge in [-0.3, -0.25) is 14.3 Å². The van der Waals surface area contributed by atoms with E-state index in [9.17, 15) is 14.5 Å². The van der Waals surface area contributed by atoms with Crippen molar-refractivity contribution in [2.24, 2.45) is 5.92 Å². The molecular formula is C25H28N8O3S. The molecule has 11 nitrogen and oxygen atoms in total. The molecule has 1 unspecified atom stereocenters. The maximum Gasteiger partial charge on any atom is 0.294 e. The average Bonchev–Trinajstić information content (AvgIpc) is 3.74. The molecule has 0 spiro atoms. The minimum atomic E-state index is -1.07. The largest absolute Gasteiger partial charge is 0.611 e. The zero-order valence-electron chi connectivity index (χ0n) is 20.9. The summed E-state index contributed by atoms with van der Waals surface area (Å²) < 4.78 is 13.5. The molecule has 1 aliphatic carbocycles. The summed E-state index contributed by atoms with van der Waals surface area (Å²) >= 11 is -1.07. The fraction of sp³-hybridized carbons (Fsp3) is 0.400. The van der Waals surface area contributed by atoms with Crippen molar-refractivity contribution in [1.82, 2.24) is 34.5 Å². The lowest BCUT2D eigenvalue weighted by Crippen LogP contribution is -2.28. The molecule has 4 heterocycles. The van der Waals surface area contributed by atoms with Crippen LogP contribution in [0.15, 0.2) is 40.5 Å². The van der Waals surface area contributed by atoms with Crippen molar-refractivity contribution in [2.45, 2.75) is 57.5 Å². The van der Waals surface area contributed by atoms with Gasteiger partial charge in [0.25, 0.3) is 5.56 Å². The zero-order chi connectivity index (χ0) is 26.1. The van der Waals surface area contributed by atoms with Crippen LogP contribution in [0.3, 0.4) is 0 Å². The Balaban J connectivity index is 1.51. The summed E-state index contributed by atoms with van der Waals surface area (Å²) in [4.78, 5) is 40.4. The van der Waals surface area contributed by atoms with Gasteiger partial charge in [-0.25, -0.2) is 24.9 Å². The Hall–Kier alpha value is -3.64. The van der Waals surface area contributed by atoms with E-state index in [-0.39, 0.29) is 41.5 Å². The van der Waals surface area contributed by atoms with Crippen LogP contribution in [0.25, 0.3) is 22.6 Å². The van der Waals surface area contributed by atoms with Crippen LogP contribution in [-0.2, 0) is 24.3 Å². The predicted octanol–water partition coefficient (Wildman–Crippen LogP) is 3.02. The molecule has 0 radical (unpaired) electrons. The third-order valence-electron chi connectivity index (χ3n) is 6.04. The number of rotatable bonds is 9. The number of hydrogen-bond acceptors (Lipinski definition) is 10.